The normalized spacial score (nSPS) is 19.8. The number of nitrogens with one attached hydrogen (secondary N) is 1. The van der Waals surface area contributed by atoms with E-state index in [-0.39, 0.29) is 58.2 Å². The molecule has 0 spiro atoms. The molecule has 6 aliphatic rings. The molecule has 0 bridgehead atoms. The number of ether oxygens (including phenoxy) is 5. The van der Waals surface area contributed by atoms with Crippen LogP contribution in [0.2, 0.25) is 0 Å². The summed E-state index contributed by atoms with van der Waals surface area (Å²) in [7, 11) is 6.71. The summed E-state index contributed by atoms with van der Waals surface area (Å²) in [6.07, 6.45) is 8.92. The highest BCUT2D eigenvalue weighted by Crippen LogP contribution is 2.45. The molecule has 2 N–H and O–H groups in total. The summed E-state index contributed by atoms with van der Waals surface area (Å²) in [4.78, 5) is 87.3. The first-order valence-corrected chi connectivity index (χ1v) is 38.0. The second-order valence-corrected chi connectivity index (χ2v) is 29.6. The molecule has 15 rings (SSSR count). The van der Waals surface area contributed by atoms with Gasteiger partial charge in [-0.1, -0.05) is 109 Å². The van der Waals surface area contributed by atoms with Crippen LogP contribution in [0.5, 0.6) is 0 Å². The monoisotopic (exact) mass is 1560 g/mol. The van der Waals surface area contributed by atoms with Gasteiger partial charge in [0.25, 0.3) is 17.8 Å². The molecule has 6 aromatic carbocycles. The van der Waals surface area contributed by atoms with Crippen LogP contribution in [0.3, 0.4) is 0 Å². The molecule has 0 atom stereocenters. The number of carboxylic acid groups (broad SMARTS) is 1. The van der Waals surface area contributed by atoms with E-state index in [1.807, 2.05) is 30.3 Å². The van der Waals surface area contributed by atoms with Gasteiger partial charge in [-0.25, -0.2) is 29.3 Å². The van der Waals surface area contributed by atoms with Crippen LogP contribution in [0.1, 0.15) is 162 Å². The standard InChI is InChI=1S/C28H31F2N3O4.C27H29F2N3O4.C26H29F2N3O2.C2H3ClO2/c1-36-26(34)20-10-8-19(9-11-20)25-31-24-22-16-32(27(35)37-2)15-14-18(22)12-13-23(24)33(25)17-28(29,30)21-6-4-3-5-7-21;1-36-26(35)31-14-13-17-11-12-22-23(21(17)15-31)30-24(18-7-9-19(10-8-18)25(33)34)32(22)16-27(28,29)20-5-3-2-4-6-20;1-33-25(32)19-9-7-18(8-10-19)24-30-23-21-15-29-14-13-17(21)11-12-22(23)31(24)16-26(27,28)20-5-3-2-4-6-20;1-5-2(3)4/h3-7,12-13,19-20H,8-11,14-17H2,1-2H3;2-6,11-12,18-19H,7-10,13-16H2,1H3,(H,33,34);2-6,11-12,18-19,29H,7-10,13-16H2,1H3;1H3. The fourth-order valence-electron chi connectivity index (χ4n) is 16.7. The summed E-state index contributed by atoms with van der Waals surface area (Å²) in [5, 5.41) is 12.8. The van der Waals surface area contributed by atoms with Crippen molar-refractivity contribution < 1.29 is 83.9 Å². The quantitative estimate of drug-likeness (QED) is 0.0420. The molecule has 9 aromatic rings. The Morgan fingerprint density at radius 2 is 0.748 bits per heavy atom. The van der Waals surface area contributed by atoms with Crippen LogP contribution < -0.4 is 5.32 Å². The molecular formula is C83H92ClF6N9O12. The number of amides is 2. The number of nitrogens with zero attached hydrogens (tertiary/aromatic N) is 8. The van der Waals surface area contributed by atoms with Crippen LogP contribution in [0.15, 0.2) is 127 Å². The number of halogens is 7. The third-order valence-electron chi connectivity index (χ3n) is 22.7. The maximum atomic E-state index is 15.6. The van der Waals surface area contributed by atoms with Crippen molar-refractivity contribution in [1.29, 1.82) is 0 Å². The number of esters is 2. The molecule has 2 amide bonds. The van der Waals surface area contributed by atoms with E-state index in [9.17, 15) is 33.9 Å². The van der Waals surface area contributed by atoms with Gasteiger partial charge in [0.1, 0.15) is 17.5 Å². The molecule has 3 aliphatic heterocycles. The highest BCUT2D eigenvalue weighted by atomic mass is 35.5. The van der Waals surface area contributed by atoms with Crippen molar-refractivity contribution in [3.8, 4) is 0 Å². The number of hydrogen-bond donors (Lipinski definition) is 2. The number of carboxylic acids is 1. The molecule has 3 aliphatic carbocycles. The van der Waals surface area contributed by atoms with Crippen molar-refractivity contribution in [3.63, 3.8) is 0 Å². The number of aromatic nitrogens is 6. The van der Waals surface area contributed by atoms with Crippen LogP contribution in [-0.2, 0) is 114 Å². The first-order valence-electron chi connectivity index (χ1n) is 37.7. The molecule has 0 unspecified atom stereocenters. The Morgan fingerprint density at radius 1 is 0.432 bits per heavy atom. The van der Waals surface area contributed by atoms with Gasteiger partial charge in [0.05, 0.1) is 119 Å². The van der Waals surface area contributed by atoms with Gasteiger partial charge in [-0.15, -0.1) is 0 Å². The Labute approximate surface area is 643 Å². The summed E-state index contributed by atoms with van der Waals surface area (Å²) < 4.78 is 122. The van der Waals surface area contributed by atoms with Crippen molar-refractivity contribution in [3.05, 3.63) is 195 Å². The number of alkyl halides is 6. The number of fused-ring (bicyclic) bond motifs is 9. The van der Waals surface area contributed by atoms with E-state index < -0.39 is 66.9 Å². The zero-order chi connectivity index (χ0) is 78.9. The molecule has 21 nitrogen and oxygen atoms in total. The topological polar surface area (TPSA) is 241 Å². The van der Waals surface area contributed by atoms with Crippen LogP contribution in [0.25, 0.3) is 33.1 Å². The lowest BCUT2D eigenvalue weighted by atomic mass is 9.81. The average molecular weight is 1560 g/mol. The molecule has 111 heavy (non-hydrogen) atoms. The highest BCUT2D eigenvalue weighted by Gasteiger charge is 2.42. The number of aliphatic carboxylic acids is 1. The van der Waals surface area contributed by atoms with E-state index >= 15 is 26.3 Å². The number of benzene rings is 6. The minimum atomic E-state index is -3.13. The third kappa shape index (κ3) is 18.0. The van der Waals surface area contributed by atoms with Crippen molar-refractivity contribution in [2.24, 2.45) is 17.8 Å². The Morgan fingerprint density at radius 3 is 1.05 bits per heavy atom. The molecule has 0 radical (unpaired) electrons. The number of rotatable bonds is 15. The average Bonchev–Trinajstić information content (AvgIpc) is 1.61. The van der Waals surface area contributed by atoms with Gasteiger partial charge in [0.15, 0.2) is 0 Å². The second-order valence-electron chi connectivity index (χ2n) is 29.3. The van der Waals surface area contributed by atoms with Crippen molar-refractivity contribution >= 4 is 80.2 Å². The summed E-state index contributed by atoms with van der Waals surface area (Å²) in [6.45, 7) is 1.72. The van der Waals surface area contributed by atoms with Crippen molar-refractivity contribution in [2.75, 3.05) is 55.2 Å². The molecule has 0 saturated heterocycles. The first kappa shape index (κ1) is 80.5. The van der Waals surface area contributed by atoms with Crippen LogP contribution in [0, 0.1) is 17.8 Å². The maximum absolute atomic E-state index is 15.6. The van der Waals surface area contributed by atoms with E-state index in [0.717, 1.165) is 64.7 Å². The SMILES string of the molecule is COC(=O)C1CCC(c2nc3c4c(ccc3n2CC(F)(F)c2ccccc2)CCN(C(=O)OC)C4)CC1.COC(=O)C1CCC(c2nc3c4c(ccc3n2CC(F)(F)c2ccccc2)CCNC4)CC1.COC(=O)Cl.COC(=O)N1CCc2ccc3c(nc(C4CCC(C(=O)O)CC4)n3CC(F)(F)c3ccccc3)c2C1. The summed E-state index contributed by atoms with van der Waals surface area (Å²) >= 11 is 4.60. The van der Waals surface area contributed by atoms with Gasteiger partial charge in [-0.3, -0.25) is 14.4 Å². The lowest BCUT2D eigenvalue weighted by Crippen LogP contribution is -2.35. The lowest BCUT2D eigenvalue weighted by molar-refractivity contribution is -0.147. The third-order valence-corrected chi connectivity index (χ3v) is 22.9. The van der Waals surface area contributed by atoms with E-state index in [1.165, 1.54) is 77.5 Å². The van der Waals surface area contributed by atoms with E-state index in [4.69, 9.17) is 33.9 Å². The van der Waals surface area contributed by atoms with Gasteiger partial charge in [-0.05, 0) is 143 Å². The molecule has 3 saturated carbocycles. The van der Waals surface area contributed by atoms with E-state index in [0.29, 0.717) is 149 Å². The summed E-state index contributed by atoms with van der Waals surface area (Å²) in [5.74, 6) is -9.44. The number of carbonyl (C=O) groups is 6. The molecule has 3 aromatic heterocycles. The minimum Gasteiger partial charge on any atom is -0.481 e. The van der Waals surface area contributed by atoms with Crippen LogP contribution in [-0.4, -0.2) is 134 Å². The van der Waals surface area contributed by atoms with Gasteiger partial charge < -0.3 is 57.6 Å². The Balaban J connectivity index is 0.000000150. The Bertz CT molecular complexity index is 4810. The predicted molar refractivity (Wildman–Crippen MR) is 403 cm³/mol. The van der Waals surface area contributed by atoms with Gasteiger partial charge in [-0.2, -0.15) is 26.3 Å². The van der Waals surface area contributed by atoms with Crippen molar-refractivity contribution in [2.45, 2.75) is 171 Å². The van der Waals surface area contributed by atoms with Crippen LogP contribution in [0.4, 0.5) is 40.7 Å². The number of hydrogen-bond acceptors (Lipinski definition) is 15. The largest absolute Gasteiger partial charge is 0.481 e. The number of carbonyl (C=O) groups excluding carboxylic acids is 5. The fourth-order valence-corrected chi connectivity index (χ4v) is 16.7. The summed E-state index contributed by atoms with van der Waals surface area (Å²) in [6, 6.07) is 35.2. The molecule has 3 fully saturated rings. The van der Waals surface area contributed by atoms with Gasteiger partial charge >= 0.3 is 35.5 Å². The maximum Gasteiger partial charge on any atom is 0.409 e. The number of methoxy groups -OCH3 is 5. The second kappa shape index (κ2) is 35.1. The number of imidazole rings is 3. The van der Waals surface area contributed by atoms with Gasteiger partial charge in [0, 0.05) is 76.8 Å². The fraction of sp³-hybridized carbons (Fsp3) is 0.458. The molecule has 590 valence electrons. The summed E-state index contributed by atoms with van der Waals surface area (Å²) in [5.41, 5.74) is 9.41. The Hall–Kier alpha value is -10.0. The predicted octanol–water partition coefficient (Wildman–Crippen LogP) is 16.6. The molecule has 28 heteroatoms. The zero-order valence-electron chi connectivity index (χ0n) is 62.7. The van der Waals surface area contributed by atoms with Crippen LogP contribution >= 0.6 is 11.6 Å². The van der Waals surface area contributed by atoms with Gasteiger partial charge in [0.2, 0.25) is 0 Å². The highest BCUT2D eigenvalue weighted by molar-refractivity contribution is 6.61. The molecule has 6 heterocycles. The van der Waals surface area contributed by atoms with E-state index in [1.54, 1.807) is 78.1 Å². The lowest BCUT2D eigenvalue weighted by Gasteiger charge is -2.28. The molecular weight excluding hydrogens is 1460 g/mol. The Kier molecular flexibility index (Phi) is 25.5. The van der Waals surface area contributed by atoms with E-state index in [2.05, 4.69) is 27.7 Å². The smallest absolute Gasteiger partial charge is 0.409 e. The van der Waals surface area contributed by atoms with Crippen molar-refractivity contribution in [1.82, 2.24) is 43.8 Å². The zero-order valence-corrected chi connectivity index (χ0v) is 63.5. The first-order chi connectivity index (χ1) is 53.3. The minimum absolute atomic E-state index is 0.00632.